The molecule has 1 saturated carbocycles. The minimum atomic E-state index is -2.74. The van der Waals surface area contributed by atoms with Crippen LogP contribution in [0.25, 0.3) is 0 Å². The van der Waals surface area contributed by atoms with Crippen LogP contribution in [0.3, 0.4) is 0 Å². The number of aryl methyl sites for hydroxylation is 1. The number of hydrogen-bond donors (Lipinski definition) is 5. The molecule has 2 fully saturated rings. The van der Waals surface area contributed by atoms with E-state index in [9.17, 15) is 19.5 Å². The highest BCUT2D eigenvalue weighted by atomic mass is 35.5. The second-order valence-corrected chi connectivity index (χ2v) is 10.7. The number of fused-ring (bicyclic) bond motifs is 1. The van der Waals surface area contributed by atoms with Gasteiger partial charge in [0.05, 0.1) is 28.6 Å². The van der Waals surface area contributed by atoms with Crippen molar-refractivity contribution in [1.82, 2.24) is 9.88 Å². The van der Waals surface area contributed by atoms with E-state index in [1.54, 1.807) is 6.20 Å². The molecule has 1 saturated heterocycles. The van der Waals surface area contributed by atoms with Crippen LogP contribution in [-0.2, 0) is 26.5 Å². The fourth-order valence-corrected chi connectivity index (χ4v) is 5.75. The Bertz CT molecular complexity index is 1190. The highest BCUT2D eigenvalue weighted by Crippen LogP contribution is 2.50. The maximum absolute atomic E-state index is 11.5. The lowest BCUT2D eigenvalue weighted by Crippen LogP contribution is -2.42. The minimum absolute atomic E-state index is 0.221. The number of nitrogens with zero attached hydrogens (tertiary/aromatic N) is 2. The largest absolute Gasteiger partial charge is 0.481 e. The summed E-state index contributed by atoms with van der Waals surface area (Å²) in [5.74, 6) is -4.29. The van der Waals surface area contributed by atoms with Crippen LogP contribution in [0.2, 0.25) is 10.0 Å². The molecule has 0 radical (unpaired) electrons. The van der Waals surface area contributed by atoms with E-state index in [-0.39, 0.29) is 5.92 Å². The molecule has 0 spiro atoms. The van der Waals surface area contributed by atoms with Gasteiger partial charge in [-0.1, -0.05) is 41.4 Å². The zero-order chi connectivity index (χ0) is 28.3. The summed E-state index contributed by atoms with van der Waals surface area (Å²) in [5, 5.41) is 46.5. The number of carboxylic acids is 3. The van der Waals surface area contributed by atoms with Gasteiger partial charge in [0.15, 0.2) is 5.60 Å². The molecule has 2 aromatic rings. The number of aliphatic carboxylic acids is 3. The van der Waals surface area contributed by atoms with Crippen LogP contribution in [0.5, 0.6) is 0 Å². The SMILES string of the molecule is Cc1cccnc1[C@]1(O)CC[C@H]2CN(Cc3cccc(Cl)c3Cl)C[C@H]21.O=C(O)CC(O)(CC(=O)O)C(=O)O. The van der Waals surface area contributed by atoms with Gasteiger partial charge >= 0.3 is 17.9 Å². The highest BCUT2D eigenvalue weighted by Gasteiger charge is 2.53. The number of likely N-dealkylation sites (tertiary alicyclic amines) is 1. The lowest BCUT2D eigenvalue weighted by Gasteiger charge is -2.31. The molecule has 5 N–H and O–H groups in total. The van der Waals surface area contributed by atoms with Gasteiger partial charge < -0.3 is 25.5 Å². The number of carbonyl (C=O) groups is 3. The van der Waals surface area contributed by atoms with Gasteiger partial charge in [-0.15, -0.1) is 0 Å². The molecule has 1 aromatic carbocycles. The van der Waals surface area contributed by atoms with Crippen molar-refractivity contribution in [1.29, 1.82) is 0 Å². The Morgan fingerprint density at radius 3 is 2.32 bits per heavy atom. The van der Waals surface area contributed by atoms with E-state index >= 15 is 0 Å². The second-order valence-electron chi connectivity index (χ2n) is 9.88. The Balaban J connectivity index is 0.000000263. The van der Waals surface area contributed by atoms with Crippen LogP contribution in [0.1, 0.15) is 42.5 Å². The van der Waals surface area contributed by atoms with Crippen molar-refractivity contribution in [2.75, 3.05) is 13.1 Å². The Labute approximate surface area is 229 Å². The van der Waals surface area contributed by atoms with E-state index in [1.807, 2.05) is 37.3 Å². The number of carboxylic acid groups (broad SMARTS) is 3. The Morgan fingerprint density at radius 2 is 1.74 bits per heavy atom. The summed E-state index contributed by atoms with van der Waals surface area (Å²) in [6.45, 7) is 4.65. The number of aromatic nitrogens is 1. The molecule has 0 bridgehead atoms. The van der Waals surface area contributed by atoms with Gasteiger partial charge in [0.25, 0.3) is 0 Å². The Kier molecular flexibility index (Phi) is 9.38. The standard InChI is InChI=1S/C20H22Cl2N2O.C6H8O7/c1-13-4-3-9-23-19(13)20(25)8-7-14-10-24(12-16(14)20)11-15-5-2-6-17(21)18(15)22;7-3(8)1-6(13,5(11)12)2-4(9)10/h2-6,9,14,16,25H,7-8,10-12H2,1H3;13H,1-2H2,(H,7,8)(H,9,10)(H,11,12)/t14-,16+,20-;/m0./s1. The van der Waals surface area contributed by atoms with Crippen molar-refractivity contribution < 1.29 is 39.9 Å². The summed E-state index contributed by atoms with van der Waals surface area (Å²) in [4.78, 5) is 37.4. The number of benzene rings is 1. The first-order valence-corrected chi connectivity index (χ1v) is 12.7. The van der Waals surface area contributed by atoms with Crippen LogP contribution in [0, 0.1) is 18.8 Å². The maximum atomic E-state index is 11.5. The zero-order valence-corrected chi connectivity index (χ0v) is 22.2. The van der Waals surface area contributed by atoms with Gasteiger partial charge in [-0.05, 0) is 48.9 Å². The van der Waals surface area contributed by atoms with Crippen molar-refractivity contribution in [3.63, 3.8) is 0 Å². The van der Waals surface area contributed by atoms with E-state index in [2.05, 4.69) is 9.88 Å². The normalized spacial score (nSPS) is 22.9. The molecule has 2 aliphatic rings. The average Bonchev–Trinajstić information content (AvgIpc) is 3.36. The molecule has 0 unspecified atom stereocenters. The van der Waals surface area contributed by atoms with Crippen molar-refractivity contribution in [3.8, 4) is 0 Å². The van der Waals surface area contributed by atoms with Crippen LogP contribution in [0.4, 0.5) is 0 Å². The molecule has 10 nitrogen and oxygen atoms in total. The fourth-order valence-electron chi connectivity index (χ4n) is 5.37. The van der Waals surface area contributed by atoms with E-state index in [0.717, 1.165) is 49.3 Å². The molecular formula is C26H30Cl2N2O8. The van der Waals surface area contributed by atoms with E-state index < -0.39 is 42.0 Å². The lowest BCUT2D eigenvalue weighted by molar-refractivity contribution is -0.170. The number of aliphatic hydroxyl groups is 2. The predicted molar refractivity (Wildman–Crippen MR) is 138 cm³/mol. The van der Waals surface area contributed by atoms with Crippen molar-refractivity contribution in [2.45, 2.75) is 50.4 Å². The van der Waals surface area contributed by atoms with Gasteiger partial charge in [0.2, 0.25) is 0 Å². The lowest BCUT2D eigenvalue weighted by atomic mass is 9.83. The maximum Gasteiger partial charge on any atom is 0.336 e. The summed E-state index contributed by atoms with van der Waals surface area (Å²) in [6.07, 6.45) is 1.33. The van der Waals surface area contributed by atoms with Crippen molar-refractivity contribution in [2.24, 2.45) is 11.8 Å². The average molecular weight is 569 g/mol. The Morgan fingerprint density at radius 1 is 1.08 bits per heavy atom. The monoisotopic (exact) mass is 568 g/mol. The molecule has 38 heavy (non-hydrogen) atoms. The van der Waals surface area contributed by atoms with E-state index in [4.69, 9.17) is 43.6 Å². The molecule has 4 rings (SSSR count). The molecular weight excluding hydrogens is 539 g/mol. The summed E-state index contributed by atoms with van der Waals surface area (Å²) < 4.78 is 0. The molecule has 206 valence electrons. The number of pyridine rings is 1. The third-order valence-electron chi connectivity index (χ3n) is 7.16. The minimum Gasteiger partial charge on any atom is -0.481 e. The number of halogens is 2. The quantitative estimate of drug-likeness (QED) is 0.318. The highest BCUT2D eigenvalue weighted by molar-refractivity contribution is 6.42. The molecule has 2 heterocycles. The predicted octanol–water partition coefficient (Wildman–Crippen LogP) is 3.18. The van der Waals surface area contributed by atoms with Crippen LogP contribution < -0.4 is 0 Å². The second kappa shape index (κ2) is 12.0. The van der Waals surface area contributed by atoms with Gasteiger partial charge in [-0.3, -0.25) is 19.5 Å². The summed E-state index contributed by atoms with van der Waals surface area (Å²) >= 11 is 12.5. The number of hydrogen-bond acceptors (Lipinski definition) is 7. The third kappa shape index (κ3) is 6.62. The summed E-state index contributed by atoms with van der Waals surface area (Å²) in [7, 11) is 0. The van der Waals surface area contributed by atoms with Gasteiger partial charge in [0.1, 0.15) is 5.60 Å². The molecule has 1 aromatic heterocycles. The Hall–Kier alpha value is -2.76. The molecule has 3 atom stereocenters. The van der Waals surface area contributed by atoms with Crippen molar-refractivity contribution >= 4 is 41.1 Å². The van der Waals surface area contributed by atoms with Gasteiger partial charge in [0, 0.05) is 31.7 Å². The topological polar surface area (TPSA) is 168 Å². The van der Waals surface area contributed by atoms with E-state index in [1.165, 1.54) is 0 Å². The smallest absolute Gasteiger partial charge is 0.336 e. The summed E-state index contributed by atoms with van der Waals surface area (Å²) in [6, 6.07) is 9.74. The molecule has 1 aliphatic carbocycles. The first-order valence-electron chi connectivity index (χ1n) is 12.0. The zero-order valence-electron chi connectivity index (χ0n) is 20.7. The third-order valence-corrected chi connectivity index (χ3v) is 8.01. The van der Waals surface area contributed by atoms with Crippen molar-refractivity contribution in [3.05, 3.63) is 63.4 Å². The molecule has 1 aliphatic heterocycles. The summed E-state index contributed by atoms with van der Waals surface area (Å²) in [5.41, 5.74) is -0.584. The van der Waals surface area contributed by atoms with E-state index in [0.29, 0.717) is 16.0 Å². The first-order chi connectivity index (χ1) is 17.8. The van der Waals surface area contributed by atoms with Gasteiger partial charge in [-0.2, -0.15) is 0 Å². The first kappa shape index (κ1) is 29.8. The fraction of sp³-hybridized carbons (Fsp3) is 0.462. The number of rotatable bonds is 8. The van der Waals surface area contributed by atoms with Crippen LogP contribution in [0.15, 0.2) is 36.5 Å². The molecule has 12 heteroatoms. The van der Waals surface area contributed by atoms with Crippen LogP contribution >= 0.6 is 23.2 Å². The molecule has 0 amide bonds. The van der Waals surface area contributed by atoms with Crippen LogP contribution in [-0.4, -0.2) is 72.0 Å². The van der Waals surface area contributed by atoms with Gasteiger partial charge in [-0.25, -0.2) is 4.79 Å².